The minimum absolute atomic E-state index is 0.392. The summed E-state index contributed by atoms with van der Waals surface area (Å²) in [5, 5.41) is 3.67. The van der Waals surface area contributed by atoms with Gasteiger partial charge in [0.15, 0.2) is 0 Å². The van der Waals surface area contributed by atoms with E-state index in [-0.39, 0.29) is 0 Å². The molecule has 0 aromatic heterocycles. The smallest absolute Gasteiger partial charge is 0.119 e. The summed E-state index contributed by atoms with van der Waals surface area (Å²) in [4.78, 5) is 2.71. The topological polar surface area (TPSA) is 50.8 Å². The Balaban J connectivity index is 1.70. The van der Waals surface area contributed by atoms with Crippen LogP contribution in [0.15, 0.2) is 23.3 Å². The quantitative estimate of drug-likeness (QED) is 0.525. The molecule has 0 amide bonds. The first-order chi connectivity index (χ1) is 11.8. The van der Waals surface area contributed by atoms with E-state index in [1.807, 2.05) is 6.21 Å². The Bertz CT molecular complexity index is 629. The summed E-state index contributed by atoms with van der Waals surface area (Å²) in [6.07, 6.45) is 10.8. The first kappa shape index (κ1) is 15.9. The van der Waals surface area contributed by atoms with Crippen LogP contribution in [0.25, 0.3) is 0 Å². The number of nitrogens with zero attached hydrogens (tertiary/aromatic N) is 2. The lowest BCUT2D eigenvalue weighted by atomic mass is 9.52. The van der Waals surface area contributed by atoms with Gasteiger partial charge in [-0.1, -0.05) is 18.9 Å². The fourth-order valence-electron chi connectivity index (χ4n) is 5.77. The maximum absolute atomic E-state index is 5.54. The van der Waals surface area contributed by atoms with Crippen LogP contribution in [0.1, 0.15) is 49.7 Å². The second-order valence-corrected chi connectivity index (χ2v) is 7.71. The van der Waals surface area contributed by atoms with Crippen molar-refractivity contribution in [3.05, 3.63) is 29.3 Å². The molecule has 1 aromatic rings. The molecule has 0 spiro atoms. The molecule has 4 nitrogen and oxygen atoms in total. The number of hydrazone groups is 1. The van der Waals surface area contributed by atoms with Crippen LogP contribution in [-0.2, 0) is 11.8 Å². The van der Waals surface area contributed by atoms with Gasteiger partial charge in [0.05, 0.1) is 7.11 Å². The van der Waals surface area contributed by atoms with Crippen LogP contribution in [0.3, 0.4) is 0 Å². The summed E-state index contributed by atoms with van der Waals surface area (Å²) >= 11 is 0. The van der Waals surface area contributed by atoms with E-state index >= 15 is 0 Å². The van der Waals surface area contributed by atoms with E-state index in [0.29, 0.717) is 11.5 Å². The number of nitrogens with two attached hydrogens (primary N) is 1. The maximum Gasteiger partial charge on any atom is 0.119 e. The van der Waals surface area contributed by atoms with Crippen molar-refractivity contribution >= 4 is 6.21 Å². The predicted molar refractivity (Wildman–Crippen MR) is 97.6 cm³/mol. The third-order valence-electron chi connectivity index (χ3n) is 6.81. The summed E-state index contributed by atoms with van der Waals surface area (Å²) < 4.78 is 5.54. The van der Waals surface area contributed by atoms with Crippen molar-refractivity contribution < 1.29 is 4.74 Å². The summed E-state index contributed by atoms with van der Waals surface area (Å²) in [7, 11) is 1.78. The molecular formula is C20H29N3O. The molecule has 4 rings (SSSR count). The van der Waals surface area contributed by atoms with E-state index in [0.717, 1.165) is 24.6 Å². The van der Waals surface area contributed by atoms with Crippen LogP contribution >= 0.6 is 0 Å². The molecule has 2 fully saturated rings. The molecule has 130 valence electrons. The van der Waals surface area contributed by atoms with Gasteiger partial charge in [-0.2, -0.15) is 5.10 Å². The minimum Gasteiger partial charge on any atom is -0.497 e. The van der Waals surface area contributed by atoms with E-state index in [4.69, 9.17) is 10.6 Å². The molecule has 1 aromatic carbocycles. The highest BCUT2D eigenvalue weighted by Gasteiger charge is 2.53. The zero-order valence-electron chi connectivity index (χ0n) is 14.7. The fraction of sp³-hybridized carbons (Fsp3) is 0.650. The first-order valence-corrected chi connectivity index (χ1v) is 9.41. The van der Waals surface area contributed by atoms with Gasteiger partial charge in [0.1, 0.15) is 5.75 Å². The van der Waals surface area contributed by atoms with Crippen molar-refractivity contribution in [1.82, 2.24) is 4.90 Å². The normalized spacial score (nSPS) is 32.4. The third-order valence-corrected chi connectivity index (χ3v) is 6.81. The van der Waals surface area contributed by atoms with E-state index in [9.17, 15) is 0 Å². The standard InChI is InChI=1S/C20H29N3O/c1-24-16-7-6-15-13-19-17-5-2-3-8-20(17,18(15)14-16)9-12-23(19)11-4-10-22-21/h6-7,10,14,17,19H,2-5,8-9,11-13,21H2,1H3/t17-,19+,20+/m0/s1. The number of fused-ring (bicyclic) bond motifs is 1. The Morgan fingerprint density at radius 3 is 3.12 bits per heavy atom. The molecule has 0 unspecified atom stereocenters. The van der Waals surface area contributed by atoms with Gasteiger partial charge in [-0.3, -0.25) is 4.90 Å². The van der Waals surface area contributed by atoms with Crippen molar-refractivity contribution in [3.63, 3.8) is 0 Å². The van der Waals surface area contributed by atoms with Crippen LogP contribution in [0, 0.1) is 5.92 Å². The molecule has 24 heavy (non-hydrogen) atoms. The predicted octanol–water partition coefficient (Wildman–Crippen LogP) is 3.09. The number of likely N-dealkylation sites (tertiary alicyclic amines) is 1. The zero-order valence-corrected chi connectivity index (χ0v) is 14.7. The molecule has 3 atom stereocenters. The number of benzene rings is 1. The van der Waals surface area contributed by atoms with Gasteiger partial charge in [-0.25, -0.2) is 0 Å². The van der Waals surface area contributed by atoms with Gasteiger partial charge in [-0.15, -0.1) is 0 Å². The number of hydrogen-bond donors (Lipinski definition) is 1. The zero-order chi connectivity index (χ0) is 16.6. The van der Waals surface area contributed by atoms with Gasteiger partial charge in [0.25, 0.3) is 0 Å². The number of piperidine rings is 1. The maximum atomic E-state index is 5.54. The van der Waals surface area contributed by atoms with Crippen LogP contribution in [0.4, 0.5) is 0 Å². The second-order valence-electron chi connectivity index (χ2n) is 7.71. The van der Waals surface area contributed by atoms with E-state index < -0.39 is 0 Å². The van der Waals surface area contributed by atoms with Gasteiger partial charge >= 0.3 is 0 Å². The molecule has 2 aliphatic carbocycles. The Morgan fingerprint density at radius 2 is 2.29 bits per heavy atom. The SMILES string of the molecule is COc1ccc2c(c1)[C@@]13CCCC[C@H]1[C@@H](C2)N(CCC=NN)CC3. The molecule has 2 bridgehead atoms. The number of methoxy groups -OCH3 is 1. The van der Waals surface area contributed by atoms with Gasteiger partial charge in [0.2, 0.25) is 0 Å². The molecular weight excluding hydrogens is 298 g/mol. The van der Waals surface area contributed by atoms with Crippen LogP contribution in [0.2, 0.25) is 0 Å². The molecule has 3 aliphatic rings. The molecule has 1 saturated heterocycles. The lowest BCUT2D eigenvalue weighted by Crippen LogP contribution is -2.61. The molecule has 4 heteroatoms. The van der Waals surface area contributed by atoms with Gasteiger partial charge in [-0.05, 0) is 67.8 Å². The Labute approximate surface area is 145 Å². The van der Waals surface area contributed by atoms with Crippen LogP contribution in [-0.4, -0.2) is 37.4 Å². The van der Waals surface area contributed by atoms with Crippen molar-refractivity contribution in [3.8, 4) is 5.75 Å². The summed E-state index contributed by atoms with van der Waals surface area (Å²) in [5.74, 6) is 7.10. The average molecular weight is 327 g/mol. The lowest BCUT2D eigenvalue weighted by molar-refractivity contribution is -0.00973. The number of rotatable bonds is 4. The summed E-state index contributed by atoms with van der Waals surface area (Å²) in [6.45, 7) is 2.29. The lowest BCUT2D eigenvalue weighted by Gasteiger charge is -2.59. The van der Waals surface area contributed by atoms with Crippen molar-refractivity contribution in [2.75, 3.05) is 20.2 Å². The fourth-order valence-corrected chi connectivity index (χ4v) is 5.77. The largest absolute Gasteiger partial charge is 0.497 e. The monoisotopic (exact) mass is 327 g/mol. The van der Waals surface area contributed by atoms with Crippen LogP contribution < -0.4 is 10.6 Å². The highest BCUT2D eigenvalue weighted by molar-refractivity contribution is 5.56. The summed E-state index contributed by atoms with van der Waals surface area (Å²) in [5.41, 5.74) is 3.55. The first-order valence-electron chi connectivity index (χ1n) is 9.41. The average Bonchev–Trinajstić information content (AvgIpc) is 2.63. The Morgan fingerprint density at radius 1 is 1.38 bits per heavy atom. The van der Waals surface area contributed by atoms with Crippen molar-refractivity contribution in [2.45, 2.75) is 56.4 Å². The Hall–Kier alpha value is -1.55. The molecule has 1 heterocycles. The van der Waals surface area contributed by atoms with E-state index in [1.54, 1.807) is 18.2 Å². The van der Waals surface area contributed by atoms with Crippen LogP contribution in [0.5, 0.6) is 5.75 Å². The van der Waals surface area contributed by atoms with Crippen molar-refractivity contribution in [2.24, 2.45) is 16.9 Å². The highest BCUT2D eigenvalue weighted by atomic mass is 16.5. The third kappa shape index (κ3) is 2.43. The Kier molecular flexibility index (Phi) is 4.25. The number of hydrogen-bond acceptors (Lipinski definition) is 4. The molecule has 2 N–H and O–H groups in total. The second kappa shape index (κ2) is 6.40. The number of ether oxygens (including phenoxy) is 1. The molecule has 0 radical (unpaired) electrons. The van der Waals surface area contributed by atoms with E-state index in [1.165, 1.54) is 45.1 Å². The molecule has 1 aliphatic heterocycles. The highest BCUT2D eigenvalue weighted by Crippen LogP contribution is 2.56. The molecule has 1 saturated carbocycles. The van der Waals surface area contributed by atoms with Gasteiger partial charge < -0.3 is 10.6 Å². The summed E-state index contributed by atoms with van der Waals surface area (Å²) in [6, 6.07) is 7.49. The minimum atomic E-state index is 0.392. The van der Waals surface area contributed by atoms with Crippen molar-refractivity contribution in [1.29, 1.82) is 0 Å². The van der Waals surface area contributed by atoms with Gasteiger partial charge in [0, 0.05) is 24.2 Å². The van der Waals surface area contributed by atoms with E-state index in [2.05, 4.69) is 28.2 Å².